The number of aromatic amines is 1. The van der Waals surface area contributed by atoms with Gasteiger partial charge in [0.15, 0.2) is 11.8 Å². The van der Waals surface area contributed by atoms with Crippen LogP contribution >= 0.6 is 11.6 Å². The second-order valence-electron chi connectivity index (χ2n) is 8.03. The molecule has 2 aromatic heterocycles. The van der Waals surface area contributed by atoms with Crippen molar-refractivity contribution in [2.24, 2.45) is 0 Å². The monoisotopic (exact) mass is 442 g/mol. The number of imidazole rings is 1. The van der Waals surface area contributed by atoms with Crippen molar-refractivity contribution >= 4 is 28.5 Å². The van der Waals surface area contributed by atoms with Crippen LogP contribution in [0.25, 0.3) is 22.4 Å². The highest BCUT2D eigenvalue weighted by Crippen LogP contribution is 2.32. The summed E-state index contributed by atoms with van der Waals surface area (Å²) in [5, 5.41) is 0.560. The number of nitrogens with one attached hydrogen (secondary N) is 1. The topological polar surface area (TPSA) is 81.7 Å². The maximum absolute atomic E-state index is 6.56. The maximum atomic E-state index is 6.56. The Labute approximate surface area is 184 Å². The Bertz CT molecular complexity index is 1080. The maximum Gasteiger partial charge on any atom is 0.296 e. The number of anilines is 1. The van der Waals surface area contributed by atoms with Crippen LogP contribution in [-0.2, 0) is 14.2 Å². The minimum absolute atomic E-state index is 0.0368. The Morgan fingerprint density at radius 3 is 2.74 bits per heavy atom. The Morgan fingerprint density at radius 2 is 1.90 bits per heavy atom. The van der Waals surface area contributed by atoms with Gasteiger partial charge in [0.1, 0.15) is 6.10 Å². The predicted molar refractivity (Wildman–Crippen MR) is 116 cm³/mol. The molecular weight excluding hydrogens is 420 g/mol. The minimum Gasteiger partial charge on any atom is -0.456 e. The van der Waals surface area contributed by atoms with Gasteiger partial charge in [-0.25, -0.2) is 4.98 Å². The molecule has 0 bridgehead atoms. The number of pyridine rings is 1. The molecule has 0 spiro atoms. The molecule has 0 radical (unpaired) electrons. The van der Waals surface area contributed by atoms with Gasteiger partial charge in [-0.05, 0) is 24.6 Å². The molecule has 3 fully saturated rings. The molecule has 1 N–H and O–H groups in total. The van der Waals surface area contributed by atoms with Gasteiger partial charge in [-0.3, -0.25) is 0 Å². The number of hydrogen-bond acceptors (Lipinski definition) is 7. The van der Waals surface area contributed by atoms with Crippen molar-refractivity contribution in [2.45, 2.75) is 24.7 Å². The molecule has 162 valence electrons. The lowest BCUT2D eigenvalue weighted by Crippen LogP contribution is -2.36. The fourth-order valence-electron chi connectivity index (χ4n) is 4.48. The van der Waals surface area contributed by atoms with E-state index in [-0.39, 0.29) is 18.3 Å². The van der Waals surface area contributed by atoms with E-state index in [4.69, 9.17) is 35.5 Å². The highest BCUT2D eigenvalue weighted by Gasteiger charge is 2.43. The normalized spacial score (nSPS) is 25.8. The fraction of sp³-hybridized carbons (Fsp3) is 0.455. The Kier molecular flexibility index (Phi) is 4.95. The summed E-state index contributed by atoms with van der Waals surface area (Å²) in [6.45, 7) is 4.53. The lowest BCUT2D eigenvalue weighted by atomic mass is 10.1. The summed E-state index contributed by atoms with van der Waals surface area (Å²) in [4.78, 5) is 14.7. The molecule has 3 aliphatic heterocycles. The number of H-pyrrole nitrogens is 1. The minimum atomic E-state index is -0.171. The lowest BCUT2D eigenvalue weighted by molar-refractivity contribution is 0.0273. The van der Waals surface area contributed by atoms with E-state index in [9.17, 15) is 0 Å². The first-order chi connectivity index (χ1) is 15.2. The van der Waals surface area contributed by atoms with E-state index >= 15 is 0 Å². The van der Waals surface area contributed by atoms with Crippen molar-refractivity contribution in [3.8, 4) is 17.3 Å². The number of rotatable bonds is 4. The molecule has 5 heterocycles. The van der Waals surface area contributed by atoms with Crippen LogP contribution < -0.4 is 9.64 Å². The zero-order valence-electron chi connectivity index (χ0n) is 16.9. The van der Waals surface area contributed by atoms with Gasteiger partial charge in [0.05, 0.1) is 42.2 Å². The first-order valence-corrected chi connectivity index (χ1v) is 11.0. The van der Waals surface area contributed by atoms with Gasteiger partial charge in [0.25, 0.3) is 6.01 Å². The molecule has 3 aliphatic rings. The first kappa shape index (κ1) is 19.3. The third kappa shape index (κ3) is 3.63. The predicted octanol–water partition coefficient (Wildman–Crippen LogP) is 3.05. The quantitative estimate of drug-likeness (QED) is 0.665. The molecule has 9 heteroatoms. The van der Waals surface area contributed by atoms with Crippen molar-refractivity contribution in [1.82, 2.24) is 15.0 Å². The van der Waals surface area contributed by atoms with Crippen LogP contribution in [0.4, 0.5) is 5.69 Å². The van der Waals surface area contributed by atoms with Crippen molar-refractivity contribution < 1.29 is 18.9 Å². The molecule has 3 saturated heterocycles. The first-order valence-electron chi connectivity index (χ1n) is 10.6. The second-order valence-corrected chi connectivity index (χ2v) is 8.44. The molecule has 6 rings (SSSR count). The smallest absolute Gasteiger partial charge is 0.296 e. The number of fused-ring (bicyclic) bond motifs is 2. The van der Waals surface area contributed by atoms with Gasteiger partial charge in [0, 0.05) is 30.9 Å². The Balaban J connectivity index is 1.24. The van der Waals surface area contributed by atoms with Crippen molar-refractivity contribution in [1.29, 1.82) is 0 Å². The molecule has 3 aromatic rings. The zero-order valence-corrected chi connectivity index (χ0v) is 17.7. The van der Waals surface area contributed by atoms with Gasteiger partial charge < -0.3 is 28.8 Å². The molecule has 1 aromatic carbocycles. The van der Waals surface area contributed by atoms with Gasteiger partial charge in [-0.2, -0.15) is 4.98 Å². The average Bonchev–Trinajstić information content (AvgIpc) is 3.51. The lowest BCUT2D eigenvalue weighted by Gasteiger charge is -2.28. The van der Waals surface area contributed by atoms with Crippen LogP contribution in [-0.4, -0.2) is 72.8 Å². The highest BCUT2D eigenvalue weighted by atomic mass is 35.5. The van der Waals surface area contributed by atoms with Gasteiger partial charge in [-0.1, -0.05) is 23.7 Å². The summed E-state index contributed by atoms with van der Waals surface area (Å²) in [6.07, 6.45) is 0.824. The molecule has 3 atom stereocenters. The summed E-state index contributed by atoms with van der Waals surface area (Å²) >= 11 is 6.56. The van der Waals surface area contributed by atoms with E-state index in [0.29, 0.717) is 35.6 Å². The summed E-state index contributed by atoms with van der Waals surface area (Å²) in [7, 11) is 0. The highest BCUT2D eigenvalue weighted by molar-refractivity contribution is 6.33. The molecule has 0 amide bonds. The fourth-order valence-corrected chi connectivity index (χ4v) is 4.74. The van der Waals surface area contributed by atoms with Gasteiger partial charge in [0.2, 0.25) is 0 Å². The Hall–Kier alpha value is -2.39. The summed E-state index contributed by atoms with van der Waals surface area (Å²) in [6, 6.07) is 10.5. The number of benzene rings is 1. The van der Waals surface area contributed by atoms with Crippen LogP contribution in [0, 0.1) is 0 Å². The standard InChI is InChI=1S/C22H23ClN4O4/c23-15-11-16-21(26-22(24-16)31-18-12-30-17-5-8-29-20(17)18)25-19(15)13-1-3-14(4-2-13)27-6-9-28-10-7-27/h1-4,11,17-18,20H,5-10,12H2,(H,24,25,26)/t17?,18-,20+/m1/s1. The van der Waals surface area contributed by atoms with Crippen LogP contribution in [0.3, 0.4) is 0 Å². The second kappa shape index (κ2) is 7.94. The SMILES string of the molecule is Clc1cc2[nH]c(O[C@@H]3COC4CCO[C@@H]43)nc2nc1-c1ccc(N2CCOCC2)cc1. The van der Waals surface area contributed by atoms with Crippen molar-refractivity contribution in [3.05, 3.63) is 35.4 Å². The number of hydrogen-bond donors (Lipinski definition) is 1. The summed E-state index contributed by atoms with van der Waals surface area (Å²) in [5.74, 6) is 0. The summed E-state index contributed by atoms with van der Waals surface area (Å²) < 4.78 is 23.0. The van der Waals surface area contributed by atoms with E-state index in [1.54, 1.807) is 0 Å². The number of morpholine rings is 1. The van der Waals surface area contributed by atoms with E-state index in [1.165, 1.54) is 5.69 Å². The average molecular weight is 443 g/mol. The number of ether oxygens (including phenoxy) is 4. The van der Waals surface area contributed by atoms with E-state index in [2.05, 4.69) is 27.0 Å². The van der Waals surface area contributed by atoms with E-state index < -0.39 is 0 Å². The molecule has 0 saturated carbocycles. The largest absolute Gasteiger partial charge is 0.456 e. The Morgan fingerprint density at radius 1 is 1.06 bits per heavy atom. The van der Waals surface area contributed by atoms with Crippen molar-refractivity contribution in [2.75, 3.05) is 44.4 Å². The third-order valence-electron chi connectivity index (χ3n) is 6.11. The van der Waals surface area contributed by atoms with E-state index in [1.807, 2.05) is 18.2 Å². The van der Waals surface area contributed by atoms with Crippen LogP contribution in [0.5, 0.6) is 6.01 Å². The summed E-state index contributed by atoms with van der Waals surface area (Å²) in [5.41, 5.74) is 4.11. The number of halogens is 1. The molecule has 0 aliphatic carbocycles. The zero-order chi connectivity index (χ0) is 20.8. The number of aromatic nitrogens is 3. The van der Waals surface area contributed by atoms with Gasteiger partial charge in [-0.15, -0.1) is 0 Å². The van der Waals surface area contributed by atoms with Gasteiger partial charge >= 0.3 is 0 Å². The molecule has 8 nitrogen and oxygen atoms in total. The molecular formula is C22H23ClN4O4. The van der Waals surface area contributed by atoms with Crippen LogP contribution in [0.15, 0.2) is 30.3 Å². The van der Waals surface area contributed by atoms with Crippen LogP contribution in [0.1, 0.15) is 6.42 Å². The molecule has 1 unspecified atom stereocenters. The molecule has 31 heavy (non-hydrogen) atoms. The van der Waals surface area contributed by atoms with Crippen LogP contribution in [0.2, 0.25) is 5.02 Å². The third-order valence-corrected chi connectivity index (χ3v) is 6.39. The van der Waals surface area contributed by atoms with Crippen molar-refractivity contribution in [3.63, 3.8) is 0 Å². The number of nitrogens with zero attached hydrogens (tertiary/aromatic N) is 3. The van der Waals surface area contributed by atoms with E-state index in [0.717, 1.165) is 43.8 Å².